The molecule has 1 unspecified atom stereocenters. The molecule has 3 aliphatic rings. The zero-order valence-corrected chi connectivity index (χ0v) is 9.88. The second-order valence-corrected chi connectivity index (χ2v) is 5.13. The van der Waals surface area contributed by atoms with Crippen molar-refractivity contribution in [2.45, 2.75) is 12.7 Å². The molecule has 2 aromatic rings. The van der Waals surface area contributed by atoms with E-state index in [1.54, 1.807) is 0 Å². The fourth-order valence-electron chi connectivity index (χ4n) is 3.54. The van der Waals surface area contributed by atoms with Crippen LogP contribution >= 0.6 is 0 Å². The molecule has 0 saturated carbocycles. The normalized spacial score (nSPS) is 21.2. The highest BCUT2D eigenvalue weighted by Gasteiger charge is 2.43. The van der Waals surface area contributed by atoms with Crippen LogP contribution in [-0.4, -0.2) is 0 Å². The maximum absolute atomic E-state index is 2.51. The predicted octanol–water partition coefficient (Wildman–Crippen LogP) is 3.51. The van der Waals surface area contributed by atoms with Crippen molar-refractivity contribution < 1.29 is 0 Å². The van der Waals surface area contributed by atoms with Crippen LogP contribution in [0.4, 0.5) is 11.4 Å². The van der Waals surface area contributed by atoms with Gasteiger partial charge in [0.05, 0.1) is 11.4 Å². The third kappa shape index (κ3) is 0.839. The summed E-state index contributed by atoms with van der Waals surface area (Å²) in [5, 5.41) is 0. The molecule has 0 N–H and O–H groups in total. The number of para-hydroxylation sites is 2. The first-order chi connectivity index (χ1) is 8.93. The van der Waals surface area contributed by atoms with Crippen molar-refractivity contribution in [3.63, 3.8) is 0 Å². The number of nitrogens with zero attached hydrogens (tertiary/aromatic N) is 2. The summed E-state index contributed by atoms with van der Waals surface area (Å²) in [6.45, 7) is 1.03. The average molecular weight is 232 g/mol. The van der Waals surface area contributed by atoms with E-state index in [0.29, 0.717) is 6.17 Å². The third-order valence-corrected chi connectivity index (χ3v) is 4.27. The molecule has 3 heterocycles. The summed E-state index contributed by atoms with van der Waals surface area (Å²) < 4.78 is 0. The van der Waals surface area contributed by atoms with Gasteiger partial charge in [0.1, 0.15) is 6.17 Å². The first-order valence-corrected chi connectivity index (χ1v) is 6.37. The molecule has 1 atom stereocenters. The summed E-state index contributed by atoms with van der Waals surface area (Å²) in [7, 11) is 0. The van der Waals surface area contributed by atoms with Crippen molar-refractivity contribution >= 4 is 17.5 Å². The van der Waals surface area contributed by atoms with Gasteiger partial charge >= 0.3 is 0 Å². The lowest BCUT2D eigenvalue weighted by Crippen LogP contribution is -2.28. The molecule has 0 spiro atoms. The summed E-state index contributed by atoms with van der Waals surface area (Å²) in [6, 6.07) is 15.3. The second-order valence-electron chi connectivity index (χ2n) is 5.13. The highest BCUT2D eigenvalue weighted by molar-refractivity contribution is 5.85. The first-order valence-electron chi connectivity index (χ1n) is 6.37. The lowest BCUT2D eigenvalue weighted by atomic mass is 9.99. The van der Waals surface area contributed by atoms with Gasteiger partial charge in [-0.15, -0.1) is 0 Å². The molecule has 0 aliphatic carbocycles. The summed E-state index contributed by atoms with van der Waals surface area (Å²) in [6.07, 6.45) is 4.85. The largest absolute Gasteiger partial charge is 0.341 e. The third-order valence-electron chi connectivity index (χ3n) is 4.27. The van der Waals surface area contributed by atoms with Gasteiger partial charge in [0.25, 0.3) is 0 Å². The molecule has 0 bridgehead atoms. The molecule has 0 amide bonds. The smallest absolute Gasteiger partial charge is 0.133 e. The van der Waals surface area contributed by atoms with Gasteiger partial charge in [-0.2, -0.15) is 0 Å². The molecule has 2 heteroatoms. The fraction of sp³-hybridized carbons (Fsp3) is 0.125. The summed E-state index contributed by atoms with van der Waals surface area (Å²) in [4.78, 5) is 4.90. The fourth-order valence-corrected chi connectivity index (χ4v) is 3.54. The maximum Gasteiger partial charge on any atom is 0.133 e. The zero-order valence-electron chi connectivity index (χ0n) is 9.88. The number of benzene rings is 2. The molecule has 0 radical (unpaired) electrons. The lowest BCUT2D eigenvalue weighted by molar-refractivity contribution is 0.709. The van der Waals surface area contributed by atoms with E-state index < -0.39 is 0 Å². The van der Waals surface area contributed by atoms with Crippen molar-refractivity contribution in [2.75, 3.05) is 9.80 Å². The Kier molecular flexibility index (Phi) is 1.36. The SMILES string of the molecule is C1=CN2c3ccccc3N3Cc4cccc1c4C23. The highest BCUT2D eigenvalue weighted by Crippen LogP contribution is 2.53. The van der Waals surface area contributed by atoms with E-state index in [9.17, 15) is 0 Å². The number of hydrogen-bond acceptors (Lipinski definition) is 2. The van der Waals surface area contributed by atoms with Gasteiger partial charge in [-0.25, -0.2) is 0 Å². The monoisotopic (exact) mass is 232 g/mol. The van der Waals surface area contributed by atoms with E-state index in [1.165, 1.54) is 28.1 Å². The van der Waals surface area contributed by atoms with Crippen LogP contribution in [0.25, 0.3) is 6.08 Å². The maximum atomic E-state index is 2.51. The van der Waals surface area contributed by atoms with Crippen LogP contribution in [0.5, 0.6) is 0 Å². The van der Waals surface area contributed by atoms with Crippen molar-refractivity contribution in [3.05, 3.63) is 65.4 Å². The van der Waals surface area contributed by atoms with Crippen molar-refractivity contribution in [3.8, 4) is 0 Å². The minimum Gasteiger partial charge on any atom is -0.341 e. The van der Waals surface area contributed by atoms with E-state index in [2.05, 4.69) is 64.5 Å². The molecule has 5 rings (SSSR count). The van der Waals surface area contributed by atoms with Gasteiger partial charge < -0.3 is 9.80 Å². The van der Waals surface area contributed by atoms with E-state index in [-0.39, 0.29) is 0 Å². The average Bonchev–Trinajstić information content (AvgIpc) is 2.94. The zero-order chi connectivity index (χ0) is 11.7. The van der Waals surface area contributed by atoms with Gasteiger partial charge in [-0.3, -0.25) is 0 Å². The van der Waals surface area contributed by atoms with Crippen LogP contribution < -0.4 is 9.80 Å². The molecule has 18 heavy (non-hydrogen) atoms. The molecular weight excluding hydrogens is 220 g/mol. The molecule has 0 fully saturated rings. The Balaban J connectivity index is 1.85. The number of anilines is 2. The molecule has 0 saturated heterocycles. The van der Waals surface area contributed by atoms with E-state index in [1.807, 2.05) is 0 Å². The molecule has 3 aliphatic heterocycles. The van der Waals surface area contributed by atoms with Crippen LogP contribution in [-0.2, 0) is 6.54 Å². The number of fused-ring (bicyclic) bond motifs is 3. The Hall–Kier alpha value is -2.22. The Labute approximate surface area is 106 Å². The van der Waals surface area contributed by atoms with E-state index >= 15 is 0 Å². The Morgan fingerprint density at radius 3 is 2.78 bits per heavy atom. The summed E-state index contributed by atoms with van der Waals surface area (Å²) in [5.41, 5.74) is 7.04. The van der Waals surface area contributed by atoms with Crippen molar-refractivity contribution in [1.29, 1.82) is 0 Å². The first kappa shape index (κ1) is 8.81. The second kappa shape index (κ2) is 2.78. The Bertz CT molecular complexity index is 702. The van der Waals surface area contributed by atoms with Gasteiger partial charge in [-0.05, 0) is 29.3 Å². The molecule has 86 valence electrons. The van der Waals surface area contributed by atoms with Crippen LogP contribution in [0.2, 0.25) is 0 Å². The quantitative estimate of drug-likeness (QED) is 0.685. The lowest BCUT2D eigenvalue weighted by Gasteiger charge is -2.29. The van der Waals surface area contributed by atoms with Gasteiger partial charge in [0.15, 0.2) is 0 Å². The van der Waals surface area contributed by atoms with E-state index in [0.717, 1.165) is 6.54 Å². The molecule has 2 aromatic carbocycles. The number of hydrogen-bond donors (Lipinski definition) is 0. The van der Waals surface area contributed by atoms with E-state index in [4.69, 9.17) is 0 Å². The number of rotatable bonds is 0. The minimum absolute atomic E-state index is 0.388. The van der Waals surface area contributed by atoms with Crippen LogP contribution in [0, 0.1) is 0 Å². The van der Waals surface area contributed by atoms with Gasteiger partial charge in [0, 0.05) is 18.3 Å². The van der Waals surface area contributed by atoms with Crippen LogP contribution in [0.3, 0.4) is 0 Å². The summed E-state index contributed by atoms with van der Waals surface area (Å²) in [5.74, 6) is 0. The highest BCUT2D eigenvalue weighted by atomic mass is 15.4. The topological polar surface area (TPSA) is 6.48 Å². The standard InChI is InChI=1S/C16H12N2/c1-2-7-14-13(6-1)17-9-8-11-4-3-5-12-10-18(14)16(17)15(11)12/h1-9,16H,10H2. The summed E-state index contributed by atoms with van der Waals surface area (Å²) >= 11 is 0. The van der Waals surface area contributed by atoms with Gasteiger partial charge in [-0.1, -0.05) is 30.3 Å². The van der Waals surface area contributed by atoms with Crippen LogP contribution in [0.1, 0.15) is 22.9 Å². The van der Waals surface area contributed by atoms with Crippen molar-refractivity contribution in [2.24, 2.45) is 0 Å². The molecular formula is C16H12N2. The predicted molar refractivity (Wildman–Crippen MR) is 73.3 cm³/mol. The van der Waals surface area contributed by atoms with Crippen molar-refractivity contribution in [1.82, 2.24) is 0 Å². The minimum atomic E-state index is 0.388. The molecule has 2 nitrogen and oxygen atoms in total. The van der Waals surface area contributed by atoms with Gasteiger partial charge in [0.2, 0.25) is 0 Å². The molecule has 0 aromatic heterocycles. The van der Waals surface area contributed by atoms with Crippen LogP contribution in [0.15, 0.2) is 48.7 Å². The Morgan fingerprint density at radius 1 is 0.944 bits per heavy atom. The Morgan fingerprint density at radius 2 is 1.83 bits per heavy atom.